The van der Waals surface area contributed by atoms with Crippen molar-refractivity contribution in [3.05, 3.63) is 89.5 Å². The number of anilines is 1. The van der Waals surface area contributed by atoms with Crippen LogP contribution in [0.2, 0.25) is 0 Å². The Morgan fingerprint density at radius 2 is 1.65 bits per heavy atom. The third-order valence-electron chi connectivity index (χ3n) is 8.88. The van der Waals surface area contributed by atoms with Gasteiger partial charge in [-0.25, -0.2) is 13.1 Å². The van der Waals surface area contributed by atoms with Crippen LogP contribution >= 0.6 is 0 Å². The second kappa shape index (κ2) is 12.7. The van der Waals surface area contributed by atoms with E-state index in [1.54, 1.807) is 18.2 Å². The Bertz CT molecular complexity index is 1570. The molecule has 0 aromatic heterocycles. The molecule has 2 saturated heterocycles. The molecule has 3 aromatic carbocycles. The summed E-state index contributed by atoms with van der Waals surface area (Å²) in [6, 6.07) is 23.1. The number of fused-ring (bicyclic) bond motifs is 1. The molecule has 1 amide bonds. The quantitative estimate of drug-likeness (QED) is 0.326. The highest BCUT2D eigenvalue weighted by Crippen LogP contribution is 2.38. The van der Waals surface area contributed by atoms with Gasteiger partial charge in [-0.05, 0) is 113 Å². The van der Waals surface area contributed by atoms with Crippen molar-refractivity contribution in [3.63, 3.8) is 0 Å². The van der Waals surface area contributed by atoms with Crippen LogP contribution in [-0.4, -0.2) is 68.1 Å². The largest absolute Gasteiger partial charge is 0.325 e. The summed E-state index contributed by atoms with van der Waals surface area (Å²) in [5, 5.41) is 2.96. The predicted molar refractivity (Wildman–Crippen MR) is 171 cm³/mol. The van der Waals surface area contributed by atoms with Crippen molar-refractivity contribution in [2.45, 2.75) is 69.0 Å². The average molecular weight is 600 g/mol. The number of piperidine rings is 1. The van der Waals surface area contributed by atoms with Gasteiger partial charge in [0.2, 0.25) is 15.9 Å². The molecular weight excluding hydrogens is 558 g/mol. The van der Waals surface area contributed by atoms with E-state index < -0.39 is 15.9 Å². The molecule has 3 aliphatic rings. The van der Waals surface area contributed by atoms with E-state index >= 15 is 0 Å². The Morgan fingerprint density at radius 3 is 2.33 bits per heavy atom. The van der Waals surface area contributed by atoms with Crippen LogP contribution in [0.5, 0.6) is 0 Å². The van der Waals surface area contributed by atoms with Crippen LogP contribution in [0.3, 0.4) is 0 Å². The second-order valence-corrected chi connectivity index (χ2v) is 13.9. The molecule has 0 radical (unpaired) electrons. The molecule has 3 heterocycles. The van der Waals surface area contributed by atoms with Gasteiger partial charge >= 0.3 is 0 Å². The van der Waals surface area contributed by atoms with Crippen molar-refractivity contribution in [2.75, 3.05) is 31.5 Å². The molecule has 1 unspecified atom stereocenters. The van der Waals surface area contributed by atoms with Crippen LogP contribution in [0.25, 0.3) is 0 Å². The summed E-state index contributed by atoms with van der Waals surface area (Å²) in [5.74, 6) is -0.960. The van der Waals surface area contributed by atoms with Gasteiger partial charge in [0.15, 0.2) is 0 Å². The first-order valence-corrected chi connectivity index (χ1v) is 16.9. The first-order valence-electron chi connectivity index (χ1n) is 15.4. The third kappa shape index (κ3) is 6.75. The first-order chi connectivity index (χ1) is 20.8. The SMILES string of the molecule is CC(C)N1CCC(NS(=O)(=O)c2ccc3c(c2)C(C(=Nc2ccc(CN4CCCC4)cc2)c2ccccc2)C(=O)N3)CC1. The maximum atomic E-state index is 13.5. The minimum absolute atomic E-state index is 0.112. The zero-order valence-electron chi connectivity index (χ0n) is 25.0. The van der Waals surface area contributed by atoms with E-state index in [0.29, 0.717) is 23.0 Å². The molecule has 1 atom stereocenters. The normalized spacial score (nSPS) is 20.5. The molecule has 6 rings (SSSR count). The maximum absolute atomic E-state index is 13.5. The number of nitrogens with zero attached hydrogens (tertiary/aromatic N) is 3. The molecule has 0 bridgehead atoms. The Labute approximate surface area is 255 Å². The number of carbonyl (C=O) groups excluding carboxylic acids is 1. The zero-order chi connectivity index (χ0) is 30.0. The molecule has 0 aliphatic carbocycles. The molecule has 0 spiro atoms. The van der Waals surface area contributed by atoms with Gasteiger partial charge in [0.05, 0.1) is 16.3 Å². The van der Waals surface area contributed by atoms with Crippen LogP contribution in [0, 0.1) is 0 Å². The Morgan fingerprint density at radius 1 is 0.953 bits per heavy atom. The lowest BCUT2D eigenvalue weighted by molar-refractivity contribution is -0.115. The first kappa shape index (κ1) is 29.7. The fourth-order valence-electron chi connectivity index (χ4n) is 6.42. The summed E-state index contributed by atoms with van der Waals surface area (Å²) in [5.41, 5.74) is 4.64. The summed E-state index contributed by atoms with van der Waals surface area (Å²) < 4.78 is 30.0. The van der Waals surface area contributed by atoms with Gasteiger partial charge in [0.1, 0.15) is 5.92 Å². The van der Waals surface area contributed by atoms with E-state index in [9.17, 15) is 13.2 Å². The van der Waals surface area contributed by atoms with E-state index in [-0.39, 0.29) is 16.8 Å². The number of hydrogen-bond acceptors (Lipinski definition) is 6. The van der Waals surface area contributed by atoms with Crippen molar-refractivity contribution < 1.29 is 13.2 Å². The van der Waals surface area contributed by atoms with Crippen molar-refractivity contribution in [3.8, 4) is 0 Å². The van der Waals surface area contributed by atoms with E-state index in [1.807, 2.05) is 42.5 Å². The number of sulfonamides is 1. The van der Waals surface area contributed by atoms with Gasteiger partial charge in [-0.2, -0.15) is 0 Å². The van der Waals surface area contributed by atoms with E-state index in [4.69, 9.17) is 4.99 Å². The van der Waals surface area contributed by atoms with Crippen LogP contribution in [0.15, 0.2) is 82.7 Å². The lowest BCUT2D eigenvalue weighted by Gasteiger charge is -2.34. The Kier molecular flexibility index (Phi) is 8.77. The van der Waals surface area contributed by atoms with E-state index in [1.165, 1.54) is 18.4 Å². The minimum Gasteiger partial charge on any atom is -0.325 e. The highest BCUT2D eigenvalue weighted by atomic mass is 32.2. The number of nitrogens with one attached hydrogen (secondary N) is 2. The van der Waals surface area contributed by atoms with Gasteiger partial charge < -0.3 is 10.2 Å². The minimum atomic E-state index is -3.78. The lowest BCUT2D eigenvalue weighted by Crippen LogP contribution is -2.46. The topological polar surface area (TPSA) is 94.1 Å². The van der Waals surface area contributed by atoms with Gasteiger partial charge in [-0.3, -0.25) is 14.7 Å². The molecule has 3 aliphatic heterocycles. The summed E-state index contributed by atoms with van der Waals surface area (Å²) in [6.45, 7) is 9.27. The lowest BCUT2D eigenvalue weighted by atomic mass is 9.90. The van der Waals surface area contributed by atoms with E-state index in [0.717, 1.165) is 56.8 Å². The highest BCUT2D eigenvalue weighted by Gasteiger charge is 2.37. The monoisotopic (exact) mass is 599 g/mol. The van der Waals surface area contributed by atoms with Crippen molar-refractivity contribution in [1.29, 1.82) is 0 Å². The standard InChI is InChI=1S/C34H41N5O3S/c1-24(2)39-20-16-28(17-21-39)37-43(41,42)29-14-15-31-30(22-29)32(34(40)36-31)33(26-8-4-3-5-9-26)35-27-12-10-25(11-13-27)23-38-18-6-7-19-38/h3-5,8-15,22,24,28,32,37H,6-7,16-21,23H2,1-2H3,(H,36,40). The van der Waals surface area contributed by atoms with Crippen molar-refractivity contribution >= 4 is 33.0 Å². The molecule has 43 heavy (non-hydrogen) atoms. The summed E-state index contributed by atoms with van der Waals surface area (Å²) in [4.78, 5) is 23.5. The fourth-order valence-corrected chi connectivity index (χ4v) is 7.76. The molecule has 0 saturated carbocycles. The van der Waals surface area contributed by atoms with Gasteiger partial charge in [-0.1, -0.05) is 42.5 Å². The zero-order valence-corrected chi connectivity index (χ0v) is 25.8. The fraction of sp³-hybridized carbons (Fsp3) is 0.412. The Hall–Kier alpha value is -3.37. The Balaban J connectivity index is 1.29. The number of carbonyl (C=O) groups is 1. The second-order valence-electron chi connectivity index (χ2n) is 12.2. The van der Waals surface area contributed by atoms with Crippen LogP contribution in [-0.2, 0) is 21.4 Å². The molecule has 226 valence electrons. The van der Waals surface area contributed by atoms with Crippen LogP contribution < -0.4 is 10.0 Å². The molecule has 2 fully saturated rings. The molecule has 9 heteroatoms. The van der Waals surface area contributed by atoms with Crippen molar-refractivity contribution in [1.82, 2.24) is 14.5 Å². The van der Waals surface area contributed by atoms with Gasteiger partial charge in [-0.15, -0.1) is 0 Å². The van der Waals surface area contributed by atoms with E-state index in [2.05, 4.69) is 45.8 Å². The van der Waals surface area contributed by atoms with Gasteiger partial charge in [0.25, 0.3) is 0 Å². The number of benzene rings is 3. The number of hydrogen-bond donors (Lipinski definition) is 2. The summed E-state index contributed by atoms with van der Waals surface area (Å²) in [7, 11) is -3.78. The van der Waals surface area contributed by atoms with Gasteiger partial charge in [0, 0.05) is 24.3 Å². The number of likely N-dealkylation sites (tertiary alicyclic amines) is 2. The molecule has 8 nitrogen and oxygen atoms in total. The predicted octanol–water partition coefficient (Wildman–Crippen LogP) is 5.29. The summed E-state index contributed by atoms with van der Waals surface area (Å²) in [6.07, 6.45) is 4.05. The third-order valence-corrected chi connectivity index (χ3v) is 10.4. The molecule has 3 aromatic rings. The van der Waals surface area contributed by atoms with Crippen LogP contribution in [0.1, 0.15) is 62.1 Å². The molecular formula is C34H41N5O3S. The highest BCUT2D eigenvalue weighted by molar-refractivity contribution is 7.89. The maximum Gasteiger partial charge on any atom is 0.240 e. The average Bonchev–Trinajstić information content (AvgIpc) is 3.64. The molecule has 2 N–H and O–H groups in total. The van der Waals surface area contributed by atoms with Crippen molar-refractivity contribution in [2.24, 2.45) is 4.99 Å². The smallest absolute Gasteiger partial charge is 0.240 e. The number of aliphatic imine (C=N–C) groups is 1. The van der Waals surface area contributed by atoms with Crippen LogP contribution in [0.4, 0.5) is 11.4 Å². The number of amides is 1. The number of rotatable bonds is 9. The summed E-state index contributed by atoms with van der Waals surface area (Å²) >= 11 is 0.